The zero-order valence-corrected chi connectivity index (χ0v) is 14.1. The molecule has 116 valence electrons. The first kappa shape index (κ1) is 15.9. The summed E-state index contributed by atoms with van der Waals surface area (Å²) in [4.78, 5) is 20.8. The van der Waals surface area contributed by atoms with Crippen LogP contribution in [0.2, 0.25) is 10.0 Å². The molecule has 0 spiro atoms. The van der Waals surface area contributed by atoms with E-state index in [2.05, 4.69) is 15.3 Å². The van der Waals surface area contributed by atoms with Gasteiger partial charge in [-0.15, -0.1) is 11.3 Å². The Morgan fingerprint density at radius 3 is 2.87 bits per heavy atom. The number of nitrogens with one attached hydrogen (secondary N) is 1. The Kier molecular flexibility index (Phi) is 4.91. The monoisotopic (exact) mass is 363 g/mol. The Hall–Kier alpha value is -1.95. The Morgan fingerprint density at radius 2 is 2.09 bits per heavy atom. The van der Waals surface area contributed by atoms with E-state index in [1.165, 1.54) is 11.3 Å². The molecule has 3 rings (SSSR count). The van der Waals surface area contributed by atoms with Crippen molar-refractivity contribution in [1.29, 1.82) is 0 Å². The summed E-state index contributed by atoms with van der Waals surface area (Å²) in [6.45, 7) is 0. The first-order valence-corrected chi connectivity index (χ1v) is 8.36. The van der Waals surface area contributed by atoms with Gasteiger partial charge in [0.25, 0.3) is 0 Å². The van der Waals surface area contributed by atoms with Gasteiger partial charge in [-0.1, -0.05) is 29.3 Å². The average Bonchev–Trinajstić information content (AvgIpc) is 3.00. The van der Waals surface area contributed by atoms with Gasteiger partial charge in [-0.25, -0.2) is 4.98 Å². The molecule has 3 aromatic rings. The molecule has 2 heterocycles. The number of anilines is 1. The van der Waals surface area contributed by atoms with Crippen molar-refractivity contribution in [2.45, 2.75) is 6.42 Å². The van der Waals surface area contributed by atoms with Crippen molar-refractivity contribution in [2.75, 3.05) is 5.32 Å². The maximum Gasteiger partial charge on any atom is 0.230 e. The number of carbonyl (C=O) groups is 1. The van der Waals surface area contributed by atoms with Crippen molar-refractivity contribution in [3.05, 3.63) is 63.7 Å². The number of halogens is 2. The summed E-state index contributed by atoms with van der Waals surface area (Å²) < 4.78 is 0. The molecule has 1 amide bonds. The first-order valence-electron chi connectivity index (χ1n) is 6.72. The van der Waals surface area contributed by atoms with Crippen LogP contribution in [0.5, 0.6) is 0 Å². The SMILES string of the molecule is O=C(Cc1csc(-c2ccccn2)n1)Nc1cc(Cl)ccc1Cl. The molecule has 0 aliphatic heterocycles. The molecule has 2 aromatic heterocycles. The molecule has 0 saturated carbocycles. The highest BCUT2D eigenvalue weighted by Gasteiger charge is 2.11. The number of thiazole rings is 1. The Labute approximate surface area is 147 Å². The standard InChI is InChI=1S/C16H11Cl2N3OS/c17-10-4-5-12(18)14(7-10)21-15(22)8-11-9-23-16(20-11)13-3-1-2-6-19-13/h1-7,9H,8H2,(H,21,22). The van der Waals surface area contributed by atoms with E-state index < -0.39 is 0 Å². The van der Waals surface area contributed by atoms with Gasteiger partial charge < -0.3 is 5.32 Å². The number of aromatic nitrogens is 2. The van der Waals surface area contributed by atoms with Crippen LogP contribution < -0.4 is 5.32 Å². The van der Waals surface area contributed by atoms with E-state index in [-0.39, 0.29) is 12.3 Å². The molecule has 1 aromatic carbocycles. The number of hydrogen-bond acceptors (Lipinski definition) is 4. The molecule has 0 aliphatic carbocycles. The van der Waals surface area contributed by atoms with Crippen molar-refractivity contribution < 1.29 is 4.79 Å². The largest absolute Gasteiger partial charge is 0.324 e. The van der Waals surface area contributed by atoms with Crippen LogP contribution >= 0.6 is 34.5 Å². The van der Waals surface area contributed by atoms with Crippen LogP contribution in [-0.2, 0) is 11.2 Å². The highest BCUT2D eigenvalue weighted by atomic mass is 35.5. The van der Waals surface area contributed by atoms with E-state index in [4.69, 9.17) is 23.2 Å². The normalized spacial score (nSPS) is 10.5. The van der Waals surface area contributed by atoms with E-state index in [1.54, 1.807) is 24.4 Å². The lowest BCUT2D eigenvalue weighted by atomic mass is 10.2. The van der Waals surface area contributed by atoms with E-state index in [9.17, 15) is 4.79 Å². The van der Waals surface area contributed by atoms with Gasteiger partial charge in [-0.2, -0.15) is 0 Å². The molecule has 0 aliphatic rings. The quantitative estimate of drug-likeness (QED) is 0.731. The predicted molar refractivity (Wildman–Crippen MR) is 94.1 cm³/mol. The van der Waals surface area contributed by atoms with E-state index in [0.29, 0.717) is 21.4 Å². The minimum Gasteiger partial charge on any atom is -0.324 e. The molecule has 0 unspecified atom stereocenters. The van der Waals surface area contributed by atoms with Crippen LogP contribution in [-0.4, -0.2) is 15.9 Å². The fourth-order valence-corrected chi connectivity index (χ4v) is 3.08. The van der Waals surface area contributed by atoms with Gasteiger partial charge >= 0.3 is 0 Å². The van der Waals surface area contributed by atoms with Crippen molar-refractivity contribution in [2.24, 2.45) is 0 Å². The lowest BCUT2D eigenvalue weighted by Gasteiger charge is -2.06. The minimum atomic E-state index is -0.202. The smallest absolute Gasteiger partial charge is 0.230 e. The van der Waals surface area contributed by atoms with E-state index in [1.807, 2.05) is 23.6 Å². The second-order valence-corrected chi connectivity index (χ2v) is 6.41. The summed E-state index contributed by atoms with van der Waals surface area (Å²) in [5, 5.41) is 6.33. The highest BCUT2D eigenvalue weighted by Crippen LogP contribution is 2.26. The summed E-state index contributed by atoms with van der Waals surface area (Å²) >= 11 is 13.4. The molecule has 0 radical (unpaired) electrons. The minimum absolute atomic E-state index is 0.159. The van der Waals surface area contributed by atoms with Crippen LogP contribution in [0, 0.1) is 0 Å². The molecule has 0 atom stereocenters. The second-order valence-electron chi connectivity index (χ2n) is 4.71. The van der Waals surface area contributed by atoms with Gasteiger partial charge in [0.05, 0.1) is 28.5 Å². The van der Waals surface area contributed by atoms with Gasteiger partial charge in [0.2, 0.25) is 5.91 Å². The predicted octanol–water partition coefficient (Wildman–Crippen LogP) is 4.69. The van der Waals surface area contributed by atoms with Gasteiger partial charge in [-0.05, 0) is 30.3 Å². The summed E-state index contributed by atoms with van der Waals surface area (Å²) in [5.41, 5.74) is 1.97. The van der Waals surface area contributed by atoms with Gasteiger partial charge in [0.15, 0.2) is 0 Å². The average molecular weight is 364 g/mol. The number of rotatable bonds is 4. The maximum atomic E-state index is 12.1. The number of benzene rings is 1. The summed E-state index contributed by atoms with van der Waals surface area (Å²) in [5.74, 6) is -0.202. The molecule has 0 fully saturated rings. The van der Waals surface area contributed by atoms with Crippen LogP contribution in [0.25, 0.3) is 10.7 Å². The summed E-state index contributed by atoms with van der Waals surface area (Å²) in [7, 11) is 0. The lowest BCUT2D eigenvalue weighted by Crippen LogP contribution is -2.14. The zero-order chi connectivity index (χ0) is 16.2. The van der Waals surface area contributed by atoms with E-state index in [0.717, 1.165) is 10.7 Å². The number of amides is 1. The van der Waals surface area contributed by atoms with Gasteiger partial charge in [0.1, 0.15) is 5.01 Å². The van der Waals surface area contributed by atoms with Crippen LogP contribution in [0.1, 0.15) is 5.69 Å². The number of pyridine rings is 1. The molecule has 0 saturated heterocycles. The molecule has 0 bridgehead atoms. The molecule has 4 nitrogen and oxygen atoms in total. The Morgan fingerprint density at radius 1 is 1.22 bits per heavy atom. The number of hydrogen-bond donors (Lipinski definition) is 1. The van der Waals surface area contributed by atoms with Gasteiger partial charge in [0, 0.05) is 16.6 Å². The molecular weight excluding hydrogens is 353 g/mol. The van der Waals surface area contributed by atoms with Crippen molar-refractivity contribution in [3.8, 4) is 10.7 Å². The number of carbonyl (C=O) groups excluding carboxylic acids is 1. The van der Waals surface area contributed by atoms with Crippen LogP contribution in [0.3, 0.4) is 0 Å². The maximum absolute atomic E-state index is 12.1. The topological polar surface area (TPSA) is 54.9 Å². The molecular formula is C16H11Cl2N3OS. The lowest BCUT2D eigenvalue weighted by molar-refractivity contribution is -0.115. The zero-order valence-electron chi connectivity index (χ0n) is 11.8. The number of nitrogens with zero attached hydrogens (tertiary/aromatic N) is 2. The molecule has 1 N–H and O–H groups in total. The van der Waals surface area contributed by atoms with Crippen molar-refractivity contribution >= 4 is 46.1 Å². The highest BCUT2D eigenvalue weighted by molar-refractivity contribution is 7.13. The van der Waals surface area contributed by atoms with Crippen molar-refractivity contribution in [1.82, 2.24) is 9.97 Å². The fraction of sp³-hybridized carbons (Fsp3) is 0.0625. The molecule has 7 heteroatoms. The van der Waals surface area contributed by atoms with Crippen LogP contribution in [0.15, 0.2) is 48.0 Å². The fourth-order valence-electron chi connectivity index (χ4n) is 1.95. The summed E-state index contributed by atoms with van der Waals surface area (Å²) in [6.07, 6.45) is 1.87. The molecule has 23 heavy (non-hydrogen) atoms. The second kappa shape index (κ2) is 7.08. The first-order chi connectivity index (χ1) is 11.1. The Bertz CT molecular complexity index is 836. The summed E-state index contributed by atoms with van der Waals surface area (Å²) in [6, 6.07) is 10.6. The third-order valence-corrected chi connectivity index (χ3v) is 4.46. The third kappa shape index (κ3) is 4.07. The van der Waals surface area contributed by atoms with Gasteiger partial charge in [-0.3, -0.25) is 9.78 Å². The van der Waals surface area contributed by atoms with E-state index >= 15 is 0 Å². The Balaban J connectivity index is 1.69. The van der Waals surface area contributed by atoms with Crippen LogP contribution in [0.4, 0.5) is 5.69 Å². The third-order valence-electron chi connectivity index (χ3n) is 2.98. The van der Waals surface area contributed by atoms with Crippen molar-refractivity contribution in [3.63, 3.8) is 0 Å².